The number of hydrogen-bond acceptors (Lipinski definition) is 1. The molecule has 0 aromatic carbocycles. The minimum Gasteiger partial charge on any atom is -0.197 e. The second kappa shape index (κ2) is 2.09. The SMILES string of the molecule is CC(F)(F)C(F)(F)OF. The van der Waals surface area contributed by atoms with Gasteiger partial charge in [0.25, 0.3) is 0 Å². The molecule has 0 rings (SSSR count). The molecule has 0 bridgehead atoms. The van der Waals surface area contributed by atoms with Gasteiger partial charge in [-0.2, -0.15) is 17.6 Å². The second-order valence-corrected chi connectivity index (χ2v) is 1.48. The van der Waals surface area contributed by atoms with E-state index in [1.165, 1.54) is 0 Å². The molecule has 0 aliphatic carbocycles. The first-order valence-corrected chi connectivity index (χ1v) is 1.86. The first-order chi connectivity index (χ1) is 3.81. The molecule has 0 saturated heterocycles. The van der Waals surface area contributed by atoms with E-state index in [9.17, 15) is 22.1 Å². The van der Waals surface area contributed by atoms with Gasteiger partial charge < -0.3 is 0 Å². The molecule has 0 heterocycles. The van der Waals surface area contributed by atoms with E-state index in [-0.39, 0.29) is 6.92 Å². The van der Waals surface area contributed by atoms with Crippen molar-refractivity contribution in [3.8, 4) is 0 Å². The molecule has 1 nitrogen and oxygen atoms in total. The normalized spacial score (nSPS) is 14.0. The van der Waals surface area contributed by atoms with Crippen LogP contribution in [-0.4, -0.2) is 12.0 Å². The topological polar surface area (TPSA) is 9.23 Å². The van der Waals surface area contributed by atoms with Crippen molar-refractivity contribution in [3.05, 3.63) is 0 Å². The molecule has 0 fully saturated rings. The molecule has 56 valence electrons. The maximum absolute atomic E-state index is 11.4. The molecular weight excluding hydrogens is 147 g/mol. The summed E-state index contributed by atoms with van der Waals surface area (Å²) in [4.78, 5) is 1.72. The Hall–Kier alpha value is -0.390. The monoisotopic (exact) mass is 150 g/mol. The lowest BCUT2D eigenvalue weighted by Crippen LogP contribution is -2.38. The smallest absolute Gasteiger partial charge is 0.197 e. The maximum atomic E-state index is 11.4. The molecule has 0 spiro atoms. The van der Waals surface area contributed by atoms with Crippen molar-refractivity contribution >= 4 is 0 Å². The Balaban J connectivity index is 4.14. The van der Waals surface area contributed by atoms with Gasteiger partial charge in [-0.1, -0.05) is 0 Å². The van der Waals surface area contributed by atoms with Gasteiger partial charge in [-0.25, -0.2) is 0 Å². The van der Waals surface area contributed by atoms with Crippen LogP contribution < -0.4 is 0 Å². The highest BCUT2D eigenvalue weighted by atomic mass is 19.4. The predicted octanol–water partition coefficient (Wildman–Crippen LogP) is 2.14. The van der Waals surface area contributed by atoms with E-state index in [1.54, 1.807) is 4.94 Å². The van der Waals surface area contributed by atoms with Crippen LogP contribution in [0.5, 0.6) is 0 Å². The van der Waals surface area contributed by atoms with Crippen LogP contribution in [0.2, 0.25) is 0 Å². The molecule has 0 atom stereocenters. The number of hydrogen-bond donors (Lipinski definition) is 0. The van der Waals surface area contributed by atoms with Gasteiger partial charge in [0.2, 0.25) is 0 Å². The van der Waals surface area contributed by atoms with Crippen LogP contribution in [0, 0.1) is 0 Å². The van der Waals surface area contributed by atoms with Crippen LogP contribution in [0.25, 0.3) is 0 Å². The fraction of sp³-hybridized carbons (Fsp3) is 1.00. The number of rotatable bonds is 2. The summed E-state index contributed by atoms with van der Waals surface area (Å²) in [5.74, 6) is -4.48. The van der Waals surface area contributed by atoms with Gasteiger partial charge >= 0.3 is 12.0 Å². The van der Waals surface area contributed by atoms with E-state index in [0.29, 0.717) is 0 Å². The van der Waals surface area contributed by atoms with Gasteiger partial charge in [0.05, 0.1) is 0 Å². The average Bonchev–Trinajstić information content (AvgIpc) is 1.64. The Kier molecular flexibility index (Phi) is 2.00. The highest BCUT2D eigenvalue weighted by Gasteiger charge is 2.55. The fourth-order valence-corrected chi connectivity index (χ4v) is 0.0677. The molecule has 0 aliphatic heterocycles. The zero-order chi connectivity index (χ0) is 7.71. The summed E-state index contributed by atoms with van der Waals surface area (Å²) >= 11 is 0. The zero-order valence-electron chi connectivity index (χ0n) is 4.30. The summed E-state index contributed by atoms with van der Waals surface area (Å²) in [6.45, 7) is -0.146. The summed E-state index contributed by atoms with van der Waals surface area (Å²) in [5.41, 5.74) is 0. The molecule has 0 aromatic heterocycles. The summed E-state index contributed by atoms with van der Waals surface area (Å²) in [7, 11) is 0. The van der Waals surface area contributed by atoms with E-state index in [0.717, 1.165) is 0 Å². The van der Waals surface area contributed by atoms with Crippen LogP contribution in [0.15, 0.2) is 0 Å². The van der Waals surface area contributed by atoms with Crippen molar-refractivity contribution in [2.75, 3.05) is 0 Å². The van der Waals surface area contributed by atoms with E-state index >= 15 is 0 Å². The Bertz CT molecular complexity index is 94.9. The Morgan fingerprint density at radius 2 is 1.44 bits per heavy atom. The van der Waals surface area contributed by atoms with Crippen LogP contribution in [0.4, 0.5) is 22.1 Å². The van der Waals surface area contributed by atoms with Crippen LogP contribution in [0.3, 0.4) is 0 Å². The van der Waals surface area contributed by atoms with Crippen molar-refractivity contribution in [2.24, 2.45) is 0 Å². The Morgan fingerprint density at radius 1 is 1.11 bits per heavy atom. The molecule has 0 N–H and O–H groups in total. The lowest BCUT2D eigenvalue weighted by molar-refractivity contribution is -0.419. The number of halogens is 5. The van der Waals surface area contributed by atoms with Gasteiger partial charge in [-0.3, -0.25) is 0 Å². The average molecular weight is 150 g/mol. The molecule has 0 amide bonds. The van der Waals surface area contributed by atoms with Crippen molar-refractivity contribution in [2.45, 2.75) is 19.0 Å². The van der Waals surface area contributed by atoms with E-state index in [4.69, 9.17) is 0 Å². The van der Waals surface area contributed by atoms with Crippen molar-refractivity contribution in [3.63, 3.8) is 0 Å². The summed E-state index contributed by atoms with van der Waals surface area (Å²) in [6, 6.07) is 0. The molecule has 6 heteroatoms. The largest absolute Gasteiger partial charge is 0.448 e. The second-order valence-electron chi connectivity index (χ2n) is 1.48. The van der Waals surface area contributed by atoms with Crippen LogP contribution in [0.1, 0.15) is 6.92 Å². The standard InChI is InChI=1S/C3H3F5O/c1-2(4,5)3(6,7)9-8/h1H3. The predicted molar refractivity (Wildman–Crippen MR) is 17.8 cm³/mol. The fourth-order valence-electron chi connectivity index (χ4n) is 0.0677. The van der Waals surface area contributed by atoms with Gasteiger partial charge in [-0.15, -0.1) is 4.94 Å². The Morgan fingerprint density at radius 3 is 1.44 bits per heavy atom. The molecule has 9 heavy (non-hydrogen) atoms. The lowest BCUT2D eigenvalue weighted by atomic mass is 10.4. The third-order valence-corrected chi connectivity index (χ3v) is 0.608. The molecule has 0 unspecified atom stereocenters. The quantitative estimate of drug-likeness (QED) is 0.548. The summed E-state index contributed by atoms with van der Waals surface area (Å²) in [6.07, 6.45) is -5.02. The van der Waals surface area contributed by atoms with E-state index in [1.807, 2.05) is 0 Å². The van der Waals surface area contributed by atoms with E-state index in [2.05, 4.69) is 0 Å². The third kappa shape index (κ3) is 1.78. The molecule has 0 aromatic rings. The van der Waals surface area contributed by atoms with Gasteiger partial charge in [0.1, 0.15) is 0 Å². The van der Waals surface area contributed by atoms with E-state index < -0.39 is 12.0 Å². The summed E-state index contributed by atoms with van der Waals surface area (Å²) < 4.78 is 55.9. The van der Waals surface area contributed by atoms with Crippen molar-refractivity contribution in [1.29, 1.82) is 0 Å². The van der Waals surface area contributed by atoms with Crippen LogP contribution >= 0.6 is 0 Å². The molecular formula is C3H3F5O. The first-order valence-electron chi connectivity index (χ1n) is 1.86. The van der Waals surface area contributed by atoms with Gasteiger partial charge in [0, 0.05) is 6.92 Å². The molecule has 0 saturated carbocycles. The highest BCUT2D eigenvalue weighted by Crippen LogP contribution is 2.34. The molecule has 0 aliphatic rings. The minimum atomic E-state index is -5.02. The van der Waals surface area contributed by atoms with Gasteiger partial charge in [-0.05, 0) is 4.53 Å². The molecule has 0 radical (unpaired) electrons. The third-order valence-electron chi connectivity index (χ3n) is 0.608. The first kappa shape index (κ1) is 8.61. The van der Waals surface area contributed by atoms with Gasteiger partial charge in [0.15, 0.2) is 0 Å². The van der Waals surface area contributed by atoms with Crippen molar-refractivity contribution < 1.29 is 27.0 Å². The highest BCUT2D eigenvalue weighted by molar-refractivity contribution is 4.68. The maximum Gasteiger partial charge on any atom is 0.448 e. The lowest BCUT2D eigenvalue weighted by Gasteiger charge is -2.16. The Labute approximate surface area is 47.3 Å². The number of alkyl halides is 4. The summed E-state index contributed by atoms with van der Waals surface area (Å²) in [5, 5.41) is 0. The minimum absolute atomic E-state index is 0.146. The van der Waals surface area contributed by atoms with Crippen molar-refractivity contribution in [1.82, 2.24) is 0 Å². The zero-order valence-corrected chi connectivity index (χ0v) is 4.30. The van der Waals surface area contributed by atoms with Crippen LogP contribution in [-0.2, 0) is 4.94 Å².